The molecular formula is C25H29F3N6O5S. The minimum absolute atomic E-state index is 0.0277. The summed E-state index contributed by atoms with van der Waals surface area (Å²) in [6.07, 6.45) is -0.269. The Balaban J connectivity index is 1.79. The van der Waals surface area contributed by atoms with Crippen molar-refractivity contribution in [2.75, 3.05) is 44.4 Å². The molecule has 0 spiro atoms. The van der Waals surface area contributed by atoms with Gasteiger partial charge in [0.25, 0.3) is 0 Å². The van der Waals surface area contributed by atoms with Gasteiger partial charge in [0.2, 0.25) is 15.8 Å². The molecule has 0 atom stereocenters. The Bertz CT molecular complexity index is 1460. The summed E-state index contributed by atoms with van der Waals surface area (Å²) >= 11 is 0. The van der Waals surface area contributed by atoms with Gasteiger partial charge in [-0.25, -0.2) is 27.9 Å². The summed E-state index contributed by atoms with van der Waals surface area (Å²) in [7, 11) is -0.873. The second-order valence-electron chi connectivity index (χ2n) is 8.95. The monoisotopic (exact) mass is 582 g/mol. The van der Waals surface area contributed by atoms with E-state index < -0.39 is 32.7 Å². The van der Waals surface area contributed by atoms with Gasteiger partial charge in [-0.05, 0) is 52.2 Å². The van der Waals surface area contributed by atoms with Gasteiger partial charge in [-0.3, -0.25) is 4.79 Å². The van der Waals surface area contributed by atoms with Crippen molar-refractivity contribution >= 4 is 38.8 Å². The maximum Gasteiger partial charge on any atom is 0.416 e. The number of ether oxygens (including phenoxy) is 1. The van der Waals surface area contributed by atoms with Crippen molar-refractivity contribution < 1.29 is 35.9 Å². The van der Waals surface area contributed by atoms with Crippen molar-refractivity contribution in [2.45, 2.75) is 31.3 Å². The predicted octanol–water partition coefficient (Wildman–Crippen LogP) is 3.56. The third-order valence-corrected chi connectivity index (χ3v) is 6.95. The Labute approximate surface area is 229 Å². The summed E-state index contributed by atoms with van der Waals surface area (Å²) < 4.78 is 73.4. The first kappa shape index (κ1) is 30.7. The SMILES string of the molecule is CCOC1=CC(c2ncc(NC(=O)Nc3cc(C(F)(F)F)cc(S(=O)(=O)NCCN(C)C)c3)c(C)n2)=CCC1=O. The second kappa shape index (κ2) is 12.6. The molecule has 1 heterocycles. The summed E-state index contributed by atoms with van der Waals surface area (Å²) in [5.41, 5.74) is -0.587. The van der Waals surface area contributed by atoms with Crippen LogP contribution in [0.4, 0.5) is 29.3 Å². The van der Waals surface area contributed by atoms with Crippen LogP contribution in [0.25, 0.3) is 5.57 Å². The van der Waals surface area contributed by atoms with Crippen molar-refractivity contribution in [1.82, 2.24) is 19.6 Å². The van der Waals surface area contributed by atoms with Gasteiger partial charge >= 0.3 is 12.2 Å². The first-order valence-corrected chi connectivity index (χ1v) is 13.5. The largest absolute Gasteiger partial charge is 0.490 e. The molecule has 1 aliphatic rings. The van der Waals surface area contributed by atoms with E-state index in [4.69, 9.17) is 4.74 Å². The van der Waals surface area contributed by atoms with Gasteiger partial charge in [0, 0.05) is 30.8 Å². The summed E-state index contributed by atoms with van der Waals surface area (Å²) in [5.74, 6) is 0.299. The van der Waals surface area contributed by atoms with Crippen molar-refractivity contribution in [3.05, 3.63) is 59.4 Å². The number of aromatic nitrogens is 2. The number of amides is 2. The van der Waals surface area contributed by atoms with Crippen molar-refractivity contribution in [3.8, 4) is 0 Å². The zero-order chi connectivity index (χ0) is 29.7. The van der Waals surface area contributed by atoms with Crippen molar-refractivity contribution in [2.24, 2.45) is 0 Å². The van der Waals surface area contributed by atoms with Crippen LogP contribution in [0.2, 0.25) is 0 Å². The number of anilines is 2. The van der Waals surface area contributed by atoms with Crippen LogP contribution in [0.3, 0.4) is 0 Å². The number of alkyl halides is 3. The number of allylic oxidation sites excluding steroid dienone is 4. The fourth-order valence-electron chi connectivity index (χ4n) is 3.51. The Hall–Kier alpha value is -3.82. The number of Topliss-reactive ketones (excluding diaryl/α,β-unsaturated/α-hetero) is 1. The highest BCUT2D eigenvalue weighted by Crippen LogP contribution is 2.33. The molecular weight excluding hydrogens is 553 g/mol. The average molecular weight is 583 g/mol. The molecule has 3 N–H and O–H groups in total. The molecule has 0 fully saturated rings. The Morgan fingerprint density at radius 3 is 2.52 bits per heavy atom. The number of carbonyl (C=O) groups excluding carboxylic acids is 2. The van der Waals surface area contributed by atoms with E-state index in [0.717, 1.165) is 6.07 Å². The molecule has 1 aliphatic carbocycles. The number of hydrogen-bond donors (Lipinski definition) is 3. The lowest BCUT2D eigenvalue weighted by atomic mass is 10.0. The maximum atomic E-state index is 13.5. The zero-order valence-corrected chi connectivity index (χ0v) is 23.0. The number of carbonyl (C=O) groups is 2. The molecule has 40 heavy (non-hydrogen) atoms. The average Bonchev–Trinajstić information content (AvgIpc) is 2.85. The molecule has 0 saturated heterocycles. The number of likely N-dealkylation sites (N-methyl/N-ethyl adjacent to an activating group) is 1. The van der Waals surface area contributed by atoms with Crippen LogP contribution in [-0.2, 0) is 25.7 Å². The minimum atomic E-state index is -4.86. The van der Waals surface area contributed by atoms with E-state index in [1.165, 1.54) is 12.3 Å². The second-order valence-corrected chi connectivity index (χ2v) is 10.7. The maximum absolute atomic E-state index is 13.5. The van der Waals surface area contributed by atoms with Gasteiger partial charge in [0.1, 0.15) is 0 Å². The number of halogens is 3. The molecule has 15 heteroatoms. The molecule has 1 aromatic carbocycles. The molecule has 2 aromatic rings. The fourth-order valence-corrected chi connectivity index (χ4v) is 4.60. The highest BCUT2D eigenvalue weighted by atomic mass is 32.2. The number of benzene rings is 1. The van der Waals surface area contributed by atoms with Gasteiger partial charge in [-0.2, -0.15) is 13.2 Å². The number of nitrogens with zero attached hydrogens (tertiary/aromatic N) is 3. The Morgan fingerprint density at radius 2 is 1.90 bits per heavy atom. The van der Waals surface area contributed by atoms with E-state index in [9.17, 15) is 31.2 Å². The number of aryl methyl sites for hydroxylation is 1. The van der Waals surface area contributed by atoms with Crippen LogP contribution in [0.1, 0.15) is 30.4 Å². The van der Waals surface area contributed by atoms with Gasteiger partial charge < -0.3 is 20.3 Å². The van der Waals surface area contributed by atoms with Crippen molar-refractivity contribution in [1.29, 1.82) is 0 Å². The molecule has 3 rings (SSSR count). The first-order valence-electron chi connectivity index (χ1n) is 12.1. The van der Waals surface area contributed by atoms with Gasteiger partial charge in [-0.1, -0.05) is 6.08 Å². The number of rotatable bonds is 10. The lowest BCUT2D eigenvalue weighted by Gasteiger charge is -2.16. The quantitative estimate of drug-likeness (QED) is 0.386. The van der Waals surface area contributed by atoms with Crippen LogP contribution in [0.15, 0.2) is 47.2 Å². The Kier molecular flexibility index (Phi) is 9.65. The van der Waals surface area contributed by atoms with Gasteiger partial charge in [-0.15, -0.1) is 0 Å². The van der Waals surface area contributed by atoms with Crippen LogP contribution in [0.5, 0.6) is 0 Å². The standard InChI is InChI=1S/C25H29F3N6O5S/c1-5-39-22-10-16(6-7-21(22)35)23-29-14-20(15(2)31-23)33-24(36)32-18-11-17(25(26,27)28)12-19(13-18)40(37,38)30-8-9-34(3)4/h6,10-14,30H,5,7-9H2,1-4H3,(H2,32,33,36). The first-order chi connectivity index (χ1) is 18.7. The topological polar surface area (TPSA) is 143 Å². The molecule has 0 aliphatic heterocycles. The lowest BCUT2D eigenvalue weighted by molar-refractivity contribution is -0.137. The number of urea groups is 1. The van der Waals surface area contributed by atoms with E-state index in [1.54, 1.807) is 38.9 Å². The summed E-state index contributed by atoms with van der Waals surface area (Å²) in [6.45, 7) is 3.94. The smallest absolute Gasteiger partial charge is 0.416 e. The van der Waals surface area contributed by atoms with E-state index in [-0.39, 0.29) is 41.7 Å². The summed E-state index contributed by atoms with van der Waals surface area (Å²) in [5, 5.41) is 4.69. The third kappa shape index (κ3) is 8.09. The summed E-state index contributed by atoms with van der Waals surface area (Å²) in [4.78, 5) is 34.2. The normalized spacial score (nSPS) is 14.1. The highest BCUT2D eigenvalue weighted by Gasteiger charge is 2.33. The fraction of sp³-hybridized carbons (Fsp3) is 0.360. The van der Waals surface area contributed by atoms with E-state index in [0.29, 0.717) is 36.6 Å². The molecule has 11 nitrogen and oxygen atoms in total. The highest BCUT2D eigenvalue weighted by molar-refractivity contribution is 7.89. The molecule has 0 radical (unpaired) electrons. The molecule has 0 bridgehead atoms. The van der Waals surface area contributed by atoms with Gasteiger partial charge in [0.15, 0.2) is 11.6 Å². The van der Waals surface area contributed by atoms with Crippen LogP contribution in [0, 0.1) is 6.92 Å². The van der Waals surface area contributed by atoms with Crippen LogP contribution >= 0.6 is 0 Å². The van der Waals surface area contributed by atoms with E-state index >= 15 is 0 Å². The summed E-state index contributed by atoms with van der Waals surface area (Å²) in [6, 6.07) is 1.11. The van der Waals surface area contributed by atoms with Crippen molar-refractivity contribution in [3.63, 3.8) is 0 Å². The predicted molar refractivity (Wildman–Crippen MR) is 142 cm³/mol. The molecule has 2 amide bonds. The molecule has 1 aromatic heterocycles. The van der Waals surface area contributed by atoms with Crippen LogP contribution in [-0.4, -0.2) is 68.9 Å². The lowest BCUT2D eigenvalue weighted by Crippen LogP contribution is -2.31. The molecule has 0 unspecified atom stereocenters. The third-order valence-electron chi connectivity index (χ3n) is 5.51. The van der Waals surface area contributed by atoms with E-state index in [2.05, 4.69) is 25.3 Å². The zero-order valence-electron chi connectivity index (χ0n) is 22.2. The van der Waals surface area contributed by atoms with Gasteiger partial charge in [0.05, 0.1) is 34.6 Å². The van der Waals surface area contributed by atoms with E-state index in [1.807, 2.05) is 0 Å². The number of sulfonamides is 1. The van der Waals surface area contributed by atoms with Crippen LogP contribution < -0.4 is 15.4 Å². The number of ketones is 1. The molecule has 0 saturated carbocycles. The number of nitrogens with one attached hydrogen (secondary N) is 3. The minimum Gasteiger partial charge on any atom is -0.490 e. The Morgan fingerprint density at radius 1 is 1.18 bits per heavy atom. The molecule has 216 valence electrons. The number of hydrogen-bond acceptors (Lipinski definition) is 8.